The summed E-state index contributed by atoms with van der Waals surface area (Å²) in [6, 6.07) is 0. The van der Waals surface area contributed by atoms with E-state index < -0.39 is 35.4 Å². The summed E-state index contributed by atoms with van der Waals surface area (Å²) in [6.07, 6.45) is 8.48. The molecule has 0 aromatic heterocycles. The van der Waals surface area contributed by atoms with Gasteiger partial charge in [-0.15, -0.1) is 0 Å². The van der Waals surface area contributed by atoms with Crippen molar-refractivity contribution in [1.82, 2.24) is 0 Å². The van der Waals surface area contributed by atoms with E-state index in [9.17, 15) is 9.59 Å². The Bertz CT molecular complexity index is 1220. The third kappa shape index (κ3) is 6.19. The van der Waals surface area contributed by atoms with Crippen LogP contribution in [0.4, 0.5) is 0 Å². The van der Waals surface area contributed by atoms with Gasteiger partial charge < -0.3 is 28.4 Å². The van der Waals surface area contributed by atoms with Gasteiger partial charge in [-0.3, -0.25) is 9.59 Å². The molecule has 4 bridgehead atoms. The Kier molecular flexibility index (Phi) is 9.85. The van der Waals surface area contributed by atoms with Gasteiger partial charge in [0.05, 0.1) is 25.4 Å². The standard InChI is InChI=1S/C39H60O12/c1-22-10-12-28-24(3)30(44-34-38(28)26(22)14-18-36(5,46-34)48-50-38)16-20-42-32(40)8-7-9-33(41)43-21-17-31-25(4)29-13-11-23(2)27-15-19-37(6)47-35(45-31)39(27,29)51-49-37/h22-31,34-35H,7-21H2,1-6H3/t22-,23-,24-,25-,26?,27?,28?,29?,30-,31-,34-,35-,36+,37+,38-,39-/m1/s1. The summed E-state index contributed by atoms with van der Waals surface area (Å²) in [5.74, 6) is 0.275. The van der Waals surface area contributed by atoms with Crippen molar-refractivity contribution < 1.29 is 57.6 Å². The molecule has 0 aromatic rings. The van der Waals surface area contributed by atoms with E-state index in [2.05, 4.69) is 27.7 Å². The summed E-state index contributed by atoms with van der Waals surface area (Å²) < 4.78 is 37.3. The van der Waals surface area contributed by atoms with Gasteiger partial charge in [0.25, 0.3) is 0 Å². The Morgan fingerprint density at radius 1 is 0.588 bits per heavy atom. The first-order chi connectivity index (χ1) is 24.4. The van der Waals surface area contributed by atoms with Crippen molar-refractivity contribution in [2.45, 2.75) is 173 Å². The van der Waals surface area contributed by atoms with E-state index in [1.54, 1.807) is 0 Å². The number of fused-ring (bicyclic) bond motifs is 4. The summed E-state index contributed by atoms with van der Waals surface area (Å²) in [5.41, 5.74) is -1.19. The normalized spacial score (nSPS) is 51.1. The Hall–Kier alpha value is -1.38. The highest BCUT2D eigenvalue weighted by Gasteiger charge is 2.70. The first kappa shape index (κ1) is 36.6. The summed E-state index contributed by atoms with van der Waals surface area (Å²) in [7, 11) is 0. The minimum Gasteiger partial charge on any atom is -0.466 e. The van der Waals surface area contributed by atoms with Crippen LogP contribution in [0.25, 0.3) is 0 Å². The van der Waals surface area contributed by atoms with E-state index in [0.717, 1.165) is 51.4 Å². The van der Waals surface area contributed by atoms with Crippen molar-refractivity contribution in [1.29, 1.82) is 0 Å². The maximum Gasteiger partial charge on any atom is 0.305 e. The molecule has 51 heavy (non-hydrogen) atoms. The lowest BCUT2D eigenvalue weighted by atomic mass is 9.57. The quantitative estimate of drug-likeness (QED) is 0.180. The lowest BCUT2D eigenvalue weighted by Gasteiger charge is -2.60. The molecule has 288 valence electrons. The second kappa shape index (κ2) is 13.7. The number of rotatable bonds is 10. The maximum atomic E-state index is 12.6. The lowest BCUT2D eigenvalue weighted by molar-refractivity contribution is -0.571. The molecule has 0 radical (unpaired) electrons. The van der Waals surface area contributed by atoms with Crippen molar-refractivity contribution in [3.8, 4) is 0 Å². The van der Waals surface area contributed by atoms with Crippen LogP contribution in [0.3, 0.4) is 0 Å². The smallest absolute Gasteiger partial charge is 0.305 e. The summed E-state index contributed by atoms with van der Waals surface area (Å²) in [5, 5.41) is 0. The Morgan fingerprint density at radius 3 is 1.45 bits per heavy atom. The van der Waals surface area contributed by atoms with Crippen molar-refractivity contribution in [3.05, 3.63) is 0 Å². The molecule has 10 aliphatic rings. The number of ether oxygens (including phenoxy) is 6. The van der Waals surface area contributed by atoms with Crippen LogP contribution in [0, 0.1) is 47.3 Å². The molecule has 0 N–H and O–H groups in total. The molecule has 2 spiro atoms. The van der Waals surface area contributed by atoms with Crippen molar-refractivity contribution in [3.63, 3.8) is 0 Å². The predicted octanol–water partition coefficient (Wildman–Crippen LogP) is 6.52. The molecule has 12 heteroatoms. The van der Waals surface area contributed by atoms with Gasteiger partial charge in [-0.25, -0.2) is 19.6 Å². The third-order valence-corrected chi connectivity index (χ3v) is 14.7. The largest absolute Gasteiger partial charge is 0.466 e. The molecule has 10 rings (SSSR count). The molecule has 4 unspecified atom stereocenters. The van der Waals surface area contributed by atoms with Crippen LogP contribution in [-0.4, -0.2) is 72.7 Å². The maximum absolute atomic E-state index is 12.6. The fourth-order valence-corrected chi connectivity index (χ4v) is 11.7. The number of esters is 2. The summed E-state index contributed by atoms with van der Waals surface area (Å²) in [6.45, 7) is 13.4. The fraction of sp³-hybridized carbons (Fsp3) is 0.949. The molecule has 2 aliphatic carbocycles. The van der Waals surface area contributed by atoms with Crippen LogP contribution in [0.1, 0.15) is 125 Å². The second-order valence-corrected chi connectivity index (χ2v) is 17.8. The first-order valence-electron chi connectivity index (χ1n) is 20.1. The average molecular weight is 721 g/mol. The van der Waals surface area contributed by atoms with Crippen molar-refractivity contribution in [2.24, 2.45) is 47.3 Å². The molecule has 12 nitrogen and oxygen atoms in total. The fourth-order valence-electron chi connectivity index (χ4n) is 11.7. The monoisotopic (exact) mass is 720 g/mol. The summed E-state index contributed by atoms with van der Waals surface area (Å²) >= 11 is 0. The van der Waals surface area contributed by atoms with Crippen LogP contribution >= 0.6 is 0 Å². The Balaban J connectivity index is 0.763. The van der Waals surface area contributed by atoms with E-state index >= 15 is 0 Å². The molecule has 10 fully saturated rings. The number of carbonyl (C=O) groups is 2. The third-order valence-electron chi connectivity index (χ3n) is 14.7. The number of hydrogen-bond donors (Lipinski definition) is 0. The van der Waals surface area contributed by atoms with Gasteiger partial charge in [0.15, 0.2) is 23.8 Å². The molecule has 16 atom stereocenters. The van der Waals surface area contributed by atoms with Gasteiger partial charge >= 0.3 is 11.9 Å². The Morgan fingerprint density at radius 2 is 1.02 bits per heavy atom. The molecule has 2 saturated carbocycles. The first-order valence-corrected chi connectivity index (χ1v) is 20.1. The summed E-state index contributed by atoms with van der Waals surface area (Å²) in [4.78, 5) is 49.6. The zero-order valence-electron chi connectivity index (χ0n) is 31.4. The van der Waals surface area contributed by atoms with E-state index in [4.69, 9.17) is 48.0 Å². The van der Waals surface area contributed by atoms with Crippen LogP contribution < -0.4 is 0 Å². The van der Waals surface area contributed by atoms with Crippen molar-refractivity contribution in [2.75, 3.05) is 13.2 Å². The Labute approximate surface area is 302 Å². The van der Waals surface area contributed by atoms with E-state index in [0.29, 0.717) is 42.9 Å². The van der Waals surface area contributed by atoms with E-state index in [-0.39, 0.29) is 73.9 Å². The highest BCUT2D eigenvalue weighted by Crippen LogP contribution is 2.62. The van der Waals surface area contributed by atoms with E-state index in [1.807, 2.05) is 13.8 Å². The number of carbonyl (C=O) groups excluding carboxylic acids is 2. The minimum absolute atomic E-state index is 0.119. The van der Waals surface area contributed by atoms with Crippen LogP contribution in [0.15, 0.2) is 0 Å². The van der Waals surface area contributed by atoms with Gasteiger partial charge in [-0.05, 0) is 94.3 Å². The molecular formula is C39H60O12. The van der Waals surface area contributed by atoms with Crippen LogP contribution in [0.5, 0.6) is 0 Å². The zero-order valence-corrected chi connectivity index (χ0v) is 31.4. The molecule has 8 aliphatic heterocycles. The topological polar surface area (TPSA) is 126 Å². The van der Waals surface area contributed by atoms with Crippen LogP contribution in [-0.2, 0) is 57.6 Å². The highest BCUT2D eigenvalue weighted by atomic mass is 17.3. The van der Waals surface area contributed by atoms with Gasteiger partial charge in [-0.1, -0.05) is 27.7 Å². The molecule has 8 saturated heterocycles. The molecular weight excluding hydrogens is 660 g/mol. The molecule has 0 aromatic carbocycles. The van der Waals surface area contributed by atoms with Gasteiger partial charge in [-0.2, -0.15) is 0 Å². The van der Waals surface area contributed by atoms with Gasteiger partial charge in [0, 0.05) is 50.4 Å². The highest BCUT2D eigenvalue weighted by molar-refractivity contribution is 5.72. The second-order valence-electron chi connectivity index (χ2n) is 17.8. The van der Waals surface area contributed by atoms with Gasteiger partial charge in [0.2, 0.25) is 11.6 Å². The lowest BCUT2D eigenvalue weighted by Crippen LogP contribution is -2.70. The van der Waals surface area contributed by atoms with Crippen molar-refractivity contribution >= 4 is 11.9 Å². The van der Waals surface area contributed by atoms with Gasteiger partial charge in [0.1, 0.15) is 0 Å². The molecule has 8 heterocycles. The zero-order chi connectivity index (χ0) is 35.8. The minimum atomic E-state index is -0.813. The average Bonchev–Trinajstić information content (AvgIpc) is 3.47. The van der Waals surface area contributed by atoms with E-state index in [1.165, 1.54) is 0 Å². The predicted molar refractivity (Wildman–Crippen MR) is 179 cm³/mol. The SMILES string of the molecule is C[C@@H]1CCC2[C@@H](C)[C@@H](CCOC(=O)CCCC(=O)OCC[C@H]3O[C@@H]4O[C@]5(C)CCC6[C@H](C)CCC([C@H]3C)[C@]64OO5)O[C@@H]3O[C@]4(C)CCC1[C@@]23OO4. The number of hydrogen-bond acceptors (Lipinski definition) is 12. The molecule has 0 amide bonds. The van der Waals surface area contributed by atoms with Crippen LogP contribution in [0.2, 0.25) is 0 Å².